The number of para-hydroxylation sites is 1. The molecule has 0 fully saturated rings. The van der Waals surface area contributed by atoms with E-state index in [1.165, 1.54) is 12.1 Å². The SMILES string of the molecule is Cc1nn(-c2ccccc2)c(C)c1NC(=O)CCN(c1ccc(F)cc1)C(C)C. The molecule has 0 aliphatic rings. The van der Waals surface area contributed by atoms with Crippen molar-refractivity contribution in [1.82, 2.24) is 9.78 Å². The Morgan fingerprint density at radius 3 is 2.38 bits per heavy atom. The predicted molar refractivity (Wildman–Crippen MR) is 115 cm³/mol. The minimum Gasteiger partial charge on any atom is -0.369 e. The smallest absolute Gasteiger partial charge is 0.226 e. The van der Waals surface area contributed by atoms with Gasteiger partial charge in [0.15, 0.2) is 0 Å². The van der Waals surface area contributed by atoms with Crippen molar-refractivity contribution in [1.29, 1.82) is 0 Å². The lowest BCUT2D eigenvalue weighted by Crippen LogP contribution is -2.33. The molecule has 5 nitrogen and oxygen atoms in total. The zero-order valence-electron chi connectivity index (χ0n) is 17.3. The van der Waals surface area contributed by atoms with Gasteiger partial charge < -0.3 is 10.2 Å². The van der Waals surface area contributed by atoms with E-state index in [9.17, 15) is 9.18 Å². The van der Waals surface area contributed by atoms with E-state index in [1.807, 2.05) is 48.9 Å². The minimum atomic E-state index is -0.267. The van der Waals surface area contributed by atoms with Crippen LogP contribution >= 0.6 is 0 Å². The Morgan fingerprint density at radius 1 is 1.10 bits per heavy atom. The number of nitrogens with zero attached hydrogens (tertiary/aromatic N) is 3. The van der Waals surface area contributed by atoms with Crippen molar-refractivity contribution in [2.24, 2.45) is 0 Å². The van der Waals surface area contributed by atoms with E-state index in [0.717, 1.165) is 28.5 Å². The van der Waals surface area contributed by atoms with E-state index in [-0.39, 0.29) is 17.8 Å². The van der Waals surface area contributed by atoms with Gasteiger partial charge in [-0.3, -0.25) is 4.79 Å². The summed E-state index contributed by atoms with van der Waals surface area (Å²) in [5.41, 5.74) is 4.27. The van der Waals surface area contributed by atoms with Crippen LogP contribution in [0.25, 0.3) is 5.69 Å². The molecule has 1 amide bonds. The van der Waals surface area contributed by atoms with Crippen LogP contribution < -0.4 is 10.2 Å². The standard InChI is InChI=1S/C23H27FN4O/c1-16(2)27(20-12-10-19(24)11-13-20)15-14-22(29)25-23-17(3)26-28(18(23)4)21-8-6-5-7-9-21/h5-13,16H,14-15H2,1-4H3,(H,25,29). The van der Waals surface area contributed by atoms with Gasteiger partial charge in [-0.2, -0.15) is 5.10 Å². The molecule has 6 heteroatoms. The Hall–Kier alpha value is -3.15. The number of amides is 1. The fourth-order valence-electron chi connectivity index (χ4n) is 3.39. The number of halogens is 1. The van der Waals surface area contributed by atoms with Crippen molar-refractivity contribution < 1.29 is 9.18 Å². The fraction of sp³-hybridized carbons (Fsp3) is 0.304. The number of nitrogens with one attached hydrogen (secondary N) is 1. The average Bonchev–Trinajstić information content (AvgIpc) is 2.98. The molecular formula is C23H27FN4O. The van der Waals surface area contributed by atoms with Gasteiger partial charge in [0.1, 0.15) is 5.82 Å². The molecule has 0 saturated carbocycles. The number of carbonyl (C=O) groups excluding carboxylic acids is 1. The topological polar surface area (TPSA) is 50.2 Å². The lowest BCUT2D eigenvalue weighted by Gasteiger charge is -2.28. The van der Waals surface area contributed by atoms with Crippen LogP contribution in [0, 0.1) is 19.7 Å². The number of hydrogen-bond donors (Lipinski definition) is 1. The first-order valence-electron chi connectivity index (χ1n) is 9.80. The molecule has 0 atom stereocenters. The molecule has 3 aromatic rings. The number of hydrogen-bond acceptors (Lipinski definition) is 3. The zero-order valence-corrected chi connectivity index (χ0v) is 17.3. The summed E-state index contributed by atoms with van der Waals surface area (Å²) < 4.78 is 15.1. The quantitative estimate of drug-likeness (QED) is 0.622. The van der Waals surface area contributed by atoms with Gasteiger partial charge in [-0.25, -0.2) is 9.07 Å². The number of rotatable bonds is 7. The highest BCUT2D eigenvalue weighted by Gasteiger charge is 2.17. The van der Waals surface area contributed by atoms with Gasteiger partial charge in [0.2, 0.25) is 5.91 Å². The molecule has 2 aromatic carbocycles. The number of aromatic nitrogens is 2. The van der Waals surface area contributed by atoms with Crippen LogP contribution in [0.3, 0.4) is 0 Å². The van der Waals surface area contributed by atoms with E-state index in [0.29, 0.717) is 13.0 Å². The maximum absolute atomic E-state index is 13.2. The monoisotopic (exact) mass is 394 g/mol. The summed E-state index contributed by atoms with van der Waals surface area (Å²) in [6.07, 6.45) is 0.324. The molecule has 29 heavy (non-hydrogen) atoms. The van der Waals surface area contributed by atoms with Gasteiger partial charge in [-0.05, 0) is 64.1 Å². The number of carbonyl (C=O) groups is 1. The van der Waals surface area contributed by atoms with Gasteiger partial charge in [0.05, 0.1) is 22.8 Å². The third kappa shape index (κ3) is 4.83. The highest BCUT2D eigenvalue weighted by molar-refractivity contribution is 5.92. The summed E-state index contributed by atoms with van der Waals surface area (Å²) in [6.45, 7) is 8.49. The number of benzene rings is 2. The highest BCUT2D eigenvalue weighted by Crippen LogP contribution is 2.23. The van der Waals surface area contributed by atoms with Gasteiger partial charge in [-0.15, -0.1) is 0 Å². The van der Waals surface area contributed by atoms with Crippen LogP contribution in [0.5, 0.6) is 0 Å². The number of anilines is 2. The molecule has 0 aliphatic carbocycles. The first-order chi connectivity index (χ1) is 13.9. The van der Waals surface area contributed by atoms with Crippen molar-refractivity contribution in [2.75, 3.05) is 16.8 Å². The number of aryl methyl sites for hydroxylation is 1. The Labute approximate surface area is 171 Å². The van der Waals surface area contributed by atoms with Crippen molar-refractivity contribution in [2.45, 2.75) is 40.2 Å². The predicted octanol–water partition coefficient (Wildman–Crippen LogP) is 4.87. The van der Waals surface area contributed by atoms with Crippen LogP contribution in [0.1, 0.15) is 31.7 Å². The molecule has 0 spiro atoms. The molecule has 0 unspecified atom stereocenters. The third-order valence-electron chi connectivity index (χ3n) is 4.92. The Balaban J connectivity index is 1.69. The summed E-state index contributed by atoms with van der Waals surface area (Å²) >= 11 is 0. The molecule has 0 bridgehead atoms. The summed E-state index contributed by atoms with van der Waals surface area (Å²) in [7, 11) is 0. The first kappa shape index (κ1) is 20.6. The Bertz CT molecular complexity index is 965. The van der Waals surface area contributed by atoms with Crippen LogP contribution in [-0.2, 0) is 4.79 Å². The van der Waals surface area contributed by atoms with Gasteiger partial charge in [-0.1, -0.05) is 18.2 Å². The Kier molecular flexibility index (Phi) is 6.32. The van der Waals surface area contributed by atoms with Crippen LogP contribution in [0.15, 0.2) is 54.6 Å². The van der Waals surface area contributed by atoms with Crippen LogP contribution in [-0.4, -0.2) is 28.3 Å². The lowest BCUT2D eigenvalue weighted by atomic mass is 10.2. The van der Waals surface area contributed by atoms with E-state index < -0.39 is 0 Å². The average molecular weight is 394 g/mol. The maximum Gasteiger partial charge on any atom is 0.226 e. The molecular weight excluding hydrogens is 367 g/mol. The summed E-state index contributed by atoms with van der Waals surface area (Å²) in [4.78, 5) is 14.7. The second kappa shape index (κ2) is 8.90. The van der Waals surface area contributed by atoms with Crippen LogP contribution in [0.4, 0.5) is 15.8 Å². The van der Waals surface area contributed by atoms with Crippen LogP contribution in [0.2, 0.25) is 0 Å². The molecule has 0 saturated heterocycles. The second-order valence-corrected chi connectivity index (χ2v) is 7.35. The first-order valence-corrected chi connectivity index (χ1v) is 9.80. The molecule has 152 valence electrons. The molecule has 0 aliphatic heterocycles. The fourth-order valence-corrected chi connectivity index (χ4v) is 3.39. The summed E-state index contributed by atoms with van der Waals surface area (Å²) in [5.74, 6) is -0.340. The van der Waals surface area contributed by atoms with Crippen molar-refractivity contribution in [3.05, 3.63) is 71.8 Å². The lowest BCUT2D eigenvalue weighted by molar-refractivity contribution is -0.116. The maximum atomic E-state index is 13.2. The molecule has 1 heterocycles. The zero-order chi connectivity index (χ0) is 21.0. The van der Waals surface area contributed by atoms with Crippen molar-refractivity contribution in [3.8, 4) is 5.69 Å². The molecule has 1 aromatic heterocycles. The normalized spacial score (nSPS) is 11.0. The molecule has 0 radical (unpaired) electrons. The highest BCUT2D eigenvalue weighted by atomic mass is 19.1. The summed E-state index contributed by atoms with van der Waals surface area (Å²) in [6, 6.07) is 16.4. The summed E-state index contributed by atoms with van der Waals surface area (Å²) in [5, 5.41) is 7.58. The Morgan fingerprint density at radius 2 is 1.76 bits per heavy atom. The van der Waals surface area contributed by atoms with E-state index in [1.54, 1.807) is 12.1 Å². The second-order valence-electron chi connectivity index (χ2n) is 7.35. The van der Waals surface area contributed by atoms with Gasteiger partial charge in [0.25, 0.3) is 0 Å². The van der Waals surface area contributed by atoms with E-state index in [2.05, 4.69) is 29.2 Å². The molecule has 1 N–H and O–H groups in total. The molecule has 3 rings (SSSR count). The minimum absolute atomic E-state index is 0.0726. The van der Waals surface area contributed by atoms with Crippen molar-refractivity contribution >= 4 is 17.3 Å². The van der Waals surface area contributed by atoms with E-state index >= 15 is 0 Å². The largest absolute Gasteiger partial charge is 0.369 e. The van der Waals surface area contributed by atoms with Crippen molar-refractivity contribution in [3.63, 3.8) is 0 Å². The van der Waals surface area contributed by atoms with Gasteiger partial charge >= 0.3 is 0 Å². The third-order valence-corrected chi connectivity index (χ3v) is 4.92. The van der Waals surface area contributed by atoms with E-state index in [4.69, 9.17) is 0 Å². The van der Waals surface area contributed by atoms with Gasteiger partial charge in [0, 0.05) is 24.7 Å².